The van der Waals surface area contributed by atoms with E-state index in [1.165, 1.54) is 54.6 Å². The van der Waals surface area contributed by atoms with E-state index < -0.39 is 144 Å². The van der Waals surface area contributed by atoms with Gasteiger partial charge in [-0.05, 0) is 84.3 Å². The average Bonchev–Trinajstić information content (AvgIpc) is 0.757. The van der Waals surface area contributed by atoms with Gasteiger partial charge in [-0.25, -0.2) is 14.8 Å². The highest BCUT2D eigenvalue weighted by molar-refractivity contribution is 7.94. The lowest BCUT2D eigenvalue weighted by molar-refractivity contribution is -0.432. The fourth-order valence-electron chi connectivity index (χ4n) is 7.96. The van der Waals surface area contributed by atoms with E-state index in [1.54, 1.807) is 0 Å². The Kier molecular flexibility index (Phi) is 21.0. The standard InChI is InChI=1S/C46H42N20O22S4/c47-83-39(71)23-7-1-3-9-25(23)59-63-35-29(89-88-87-75)15-19-13-21(91(79,80)85-49)17-27(33(19)37(35)69)51-41-53-43(57-45(73)55-41)65-61-31(67)11-5-6-12-32(68)62-66-44-54-42(56-46(74)58-44)52-28-18-22(92(81,82)86-50)14-20-16-30(90(76,77)78)36(38(70)34(20)28)64-60-26-10-4-2-8-24(26)40(72)84-48/h1-4,7-10,13-18,69-70,75H,5-6,11-12,47-50H2,(H,61,67)(H,62,68)(H,76,77,78)(H3,51,53,55,57,65,73)(H3,52,54,56,58,66,74). The number of aromatic nitrogens is 6. The monoisotopic (exact) mass is 1350 g/mol. The Hall–Kier alpha value is -10.9. The van der Waals surface area contributed by atoms with Crippen LogP contribution in [0.3, 0.4) is 0 Å². The number of hydrogen-bond acceptors (Lipinski definition) is 40. The fraction of sp³-hybridized carbons (Fsp3) is 0.0870. The Morgan fingerprint density at radius 3 is 1.40 bits per heavy atom. The number of carbonyl (C=O) groups is 4. The zero-order chi connectivity index (χ0) is 66.7. The maximum atomic E-state index is 12.9. The third-order valence-corrected chi connectivity index (χ3v) is 15.5. The molecular formula is C46H42N20O22S4. The number of phenols is 2. The van der Waals surface area contributed by atoms with Crippen LogP contribution >= 0.6 is 12.0 Å². The van der Waals surface area contributed by atoms with Crippen molar-refractivity contribution in [3.63, 3.8) is 0 Å². The van der Waals surface area contributed by atoms with E-state index in [-0.39, 0.29) is 81.6 Å². The zero-order valence-corrected chi connectivity index (χ0v) is 48.8. The summed E-state index contributed by atoms with van der Waals surface area (Å²) in [5.41, 5.74) is 6.22. The van der Waals surface area contributed by atoms with Gasteiger partial charge in [0.05, 0.1) is 49.2 Å². The van der Waals surface area contributed by atoms with Crippen LogP contribution in [-0.2, 0) is 67.6 Å². The lowest BCUT2D eigenvalue weighted by atomic mass is 10.1. The lowest BCUT2D eigenvalue weighted by Crippen LogP contribution is -2.31. The van der Waals surface area contributed by atoms with Crippen molar-refractivity contribution in [3.8, 4) is 23.5 Å². The van der Waals surface area contributed by atoms with E-state index in [0.717, 1.165) is 24.3 Å². The summed E-state index contributed by atoms with van der Waals surface area (Å²) in [5.74, 6) is 12.5. The molecule has 0 saturated carbocycles. The molecule has 6 aromatic carbocycles. The molecule has 482 valence electrons. The summed E-state index contributed by atoms with van der Waals surface area (Å²) in [5, 5.41) is 76.4. The van der Waals surface area contributed by atoms with Gasteiger partial charge in [0.1, 0.15) is 27.6 Å². The van der Waals surface area contributed by atoms with Crippen LogP contribution in [-0.4, -0.2) is 109 Å². The molecule has 0 saturated heterocycles. The molecule has 0 bridgehead atoms. The molecule has 2 heterocycles. The molecule has 2 aromatic heterocycles. The lowest BCUT2D eigenvalue weighted by Gasteiger charge is -2.16. The number of carbonyl (C=O) groups excluding carboxylic acids is 4. The SMILES string of the molecule is NOC(=O)c1ccccc1N=Nc1c(SOOO)cc2cc(S(=O)(=O)ON)cc(Nc3nc(O)nc(NNC(=O)CCCCC(=O)NNc4nc(O)nc(Nc5cc(S(=O)(=O)ON)cc6cc(S(=O)(=O)O)c(N=Nc7ccccc7C(=O)ON)c(O)c56)n4)n3)c2c1O. The van der Waals surface area contributed by atoms with Crippen LogP contribution in [0.2, 0.25) is 0 Å². The number of azo groups is 2. The number of amides is 2. The van der Waals surface area contributed by atoms with Gasteiger partial charge in [0, 0.05) is 23.6 Å². The number of fused-ring (bicyclic) bond motifs is 2. The van der Waals surface area contributed by atoms with E-state index >= 15 is 0 Å². The van der Waals surface area contributed by atoms with Crippen molar-refractivity contribution in [2.75, 3.05) is 21.5 Å². The molecule has 0 radical (unpaired) electrons. The first-order valence-corrected chi connectivity index (χ1v) is 29.7. The van der Waals surface area contributed by atoms with Crippen LogP contribution in [0.1, 0.15) is 46.4 Å². The van der Waals surface area contributed by atoms with E-state index in [2.05, 4.69) is 110 Å². The molecule has 0 atom stereocenters. The van der Waals surface area contributed by atoms with Gasteiger partial charge < -0.3 is 40.7 Å². The number of nitrogens with two attached hydrogens (primary N) is 4. The maximum absolute atomic E-state index is 12.9. The number of benzene rings is 6. The summed E-state index contributed by atoms with van der Waals surface area (Å²) in [6.07, 6.45) is -0.388. The number of hydrogen-bond donors (Lipinski definition) is 16. The van der Waals surface area contributed by atoms with Gasteiger partial charge in [-0.15, -0.1) is 24.8 Å². The number of rotatable bonds is 27. The van der Waals surface area contributed by atoms with Crippen LogP contribution in [0.25, 0.3) is 21.5 Å². The van der Waals surface area contributed by atoms with Crippen LogP contribution in [0, 0.1) is 0 Å². The first-order chi connectivity index (χ1) is 43.8. The number of phenolic OH excluding ortho intramolecular Hbond substituents is 2. The first-order valence-electron chi connectivity index (χ1n) is 24.7. The van der Waals surface area contributed by atoms with Crippen molar-refractivity contribution in [3.05, 3.63) is 96.1 Å². The summed E-state index contributed by atoms with van der Waals surface area (Å²) in [6.45, 7) is 0. The van der Waals surface area contributed by atoms with Gasteiger partial charge in [-0.1, -0.05) is 29.3 Å². The number of nitrogens with one attached hydrogen (secondary N) is 6. The molecule has 0 fully saturated rings. The Morgan fingerprint density at radius 1 is 0.543 bits per heavy atom. The van der Waals surface area contributed by atoms with E-state index in [1.807, 2.05) is 0 Å². The zero-order valence-electron chi connectivity index (χ0n) is 45.5. The summed E-state index contributed by atoms with van der Waals surface area (Å²) in [7, 11) is -14.9. The van der Waals surface area contributed by atoms with Crippen LogP contribution in [0.15, 0.2) is 125 Å². The molecule has 0 aliphatic heterocycles. The van der Waals surface area contributed by atoms with Gasteiger partial charge in [0.15, 0.2) is 11.5 Å². The average molecular weight is 1360 g/mol. The highest BCUT2D eigenvalue weighted by Crippen LogP contribution is 2.49. The van der Waals surface area contributed by atoms with Crippen molar-refractivity contribution >= 4 is 146 Å². The van der Waals surface area contributed by atoms with Crippen molar-refractivity contribution in [2.24, 2.45) is 44.0 Å². The summed E-state index contributed by atoms with van der Waals surface area (Å²) >= 11 is 0.265. The molecule has 46 heteroatoms. The van der Waals surface area contributed by atoms with Gasteiger partial charge in [0.25, 0.3) is 10.1 Å². The minimum atomic E-state index is -5.32. The second kappa shape index (κ2) is 28.7. The second-order valence-electron chi connectivity index (χ2n) is 17.7. The first kappa shape index (κ1) is 67.1. The van der Waals surface area contributed by atoms with Crippen LogP contribution < -0.4 is 55.9 Å². The van der Waals surface area contributed by atoms with E-state index in [9.17, 15) is 69.4 Å². The minimum absolute atomic E-state index is 0.0548. The van der Waals surface area contributed by atoms with Crippen molar-refractivity contribution in [2.45, 2.75) is 45.3 Å². The molecule has 0 aliphatic rings. The highest BCUT2D eigenvalue weighted by atomic mass is 32.2. The van der Waals surface area contributed by atoms with Crippen molar-refractivity contribution < 1.29 is 102 Å². The number of nitrogens with zero attached hydrogens (tertiary/aromatic N) is 10. The molecule has 0 unspecified atom stereocenters. The summed E-state index contributed by atoms with van der Waals surface area (Å²) in [4.78, 5) is 79.0. The summed E-state index contributed by atoms with van der Waals surface area (Å²) < 4.78 is 99.9. The highest BCUT2D eigenvalue weighted by Gasteiger charge is 2.29. The summed E-state index contributed by atoms with van der Waals surface area (Å²) in [6, 6.07) is 14.2. The molecular weight excluding hydrogens is 1310 g/mol. The third kappa shape index (κ3) is 15.9. The van der Waals surface area contributed by atoms with Crippen molar-refractivity contribution in [1.82, 2.24) is 40.8 Å². The quantitative estimate of drug-likeness (QED) is 0.00874. The van der Waals surface area contributed by atoms with Crippen LogP contribution in [0.4, 0.5) is 57.9 Å². The number of unbranched alkanes of at least 4 members (excludes halogenated alkanes) is 1. The van der Waals surface area contributed by atoms with Gasteiger partial charge in [0.2, 0.25) is 35.6 Å². The predicted molar refractivity (Wildman–Crippen MR) is 309 cm³/mol. The Morgan fingerprint density at radius 2 is 0.967 bits per heavy atom. The predicted octanol–water partition coefficient (Wildman–Crippen LogP) is 3.54. The van der Waals surface area contributed by atoms with E-state index in [0.29, 0.717) is 6.07 Å². The van der Waals surface area contributed by atoms with Crippen molar-refractivity contribution in [1.29, 1.82) is 0 Å². The third-order valence-electron chi connectivity index (χ3n) is 11.9. The van der Waals surface area contributed by atoms with Gasteiger partial charge in [-0.2, -0.15) is 87.3 Å². The van der Waals surface area contributed by atoms with Gasteiger partial charge >= 0.3 is 44.2 Å². The Labute approximate surface area is 516 Å². The minimum Gasteiger partial charge on any atom is -0.505 e. The number of anilines is 6. The molecule has 20 N–H and O–H groups in total. The molecule has 8 aromatic rings. The Balaban J connectivity index is 0.933. The molecule has 0 aliphatic carbocycles. The Bertz CT molecular complexity index is 4650. The fourth-order valence-corrected chi connectivity index (χ4v) is 10.4. The maximum Gasteiger partial charge on any atom is 0.358 e. The molecule has 92 heavy (non-hydrogen) atoms. The number of aromatic hydroxyl groups is 4. The number of hydrazine groups is 2. The molecule has 2 amide bonds. The second-order valence-corrected chi connectivity index (χ2v) is 23.0. The van der Waals surface area contributed by atoms with Gasteiger partial charge in [-0.3, -0.25) is 35.8 Å². The largest absolute Gasteiger partial charge is 0.505 e. The molecule has 42 nitrogen and oxygen atoms in total. The normalized spacial score (nSPS) is 11.8. The smallest absolute Gasteiger partial charge is 0.358 e. The molecule has 8 rings (SSSR count). The van der Waals surface area contributed by atoms with Crippen LogP contribution in [0.5, 0.6) is 23.5 Å². The van der Waals surface area contributed by atoms with E-state index in [4.69, 9.17) is 28.8 Å². The topological polar surface area (TPSA) is 650 Å². The molecule has 0 spiro atoms.